The Labute approximate surface area is 133 Å². The molecule has 3 N–H and O–H groups in total. The van der Waals surface area contributed by atoms with E-state index in [-0.39, 0.29) is 17.9 Å². The van der Waals surface area contributed by atoms with Crippen molar-refractivity contribution < 1.29 is 9.84 Å². The van der Waals surface area contributed by atoms with E-state index in [4.69, 9.17) is 4.74 Å². The highest BCUT2D eigenvalue weighted by Gasteiger charge is 2.25. The molecule has 2 atom stereocenters. The van der Waals surface area contributed by atoms with E-state index in [1.807, 2.05) is 18.2 Å². The van der Waals surface area contributed by atoms with Gasteiger partial charge in [0.25, 0.3) is 0 Å². The van der Waals surface area contributed by atoms with Crippen LogP contribution in [0.3, 0.4) is 0 Å². The first-order valence-electron chi connectivity index (χ1n) is 7.72. The molecular weight excluding hydrogens is 292 g/mol. The Morgan fingerprint density at radius 3 is 2.91 bits per heavy atom. The average Bonchev–Trinajstić information content (AvgIpc) is 2.98. The van der Waals surface area contributed by atoms with E-state index in [1.54, 1.807) is 12.1 Å². The number of para-hydroxylation sites is 1. The number of rotatable bonds is 2. The first kappa shape index (κ1) is 14.2. The molecule has 0 aliphatic carbocycles. The minimum atomic E-state index is 0.0995. The Balaban J connectivity index is 1.74. The lowest BCUT2D eigenvalue weighted by molar-refractivity contribution is 0.00660. The van der Waals surface area contributed by atoms with Crippen LogP contribution in [0.25, 0.3) is 22.3 Å². The number of aromatic nitrogens is 3. The van der Waals surface area contributed by atoms with Gasteiger partial charge in [-0.2, -0.15) is 0 Å². The number of phenols is 1. The Bertz CT molecular complexity index is 845. The lowest BCUT2D eigenvalue weighted by atomic mass is 10.1. The molecule has 1 unspecified atom stereocenters. The number of H-pyrrole nitrogens is 1. The van der Waals surface area contributed by atoms with Gasteiger partial charge in [-0.1, -0.05) is 12.1 Å². The van der Waals surface area contributed by atoms with Gasteiger partial charge in [0.15, 0.2) is 5.65 Å². The molecule has 2 aromatic heterocycles. The van der Waals surface area contributed by atoms with Crippen molar-refractivity contribution in [2.24, 2.45) is 0 Å². The number of hydrogen-bond donors (Lipinski definition) is 3. The summed E-state index contributed by atoms with van der Waals surface area (Å²) in [5.41, 5.74) is 3.11. The smallest absolute Gasteiger partial charge is 0.160 e. The maximum Gasteiger partial charge on any atom is 0.160 e. The number of nitrogens with zero attached hydrogens (tertiary/aromatic N) is 2. The lowest BCUT2D eigenvalue weighted by Crippen LogP contribution is -2.40. The van der Waals surface area contributed by atoms with Crippen molar-refractivity contribution in [1.29, 1.82) is 0 Å². The van der Waals surface area contributed by atoms with Gasteiger partial charge in [-0.15, -0.1) is 10.2 Å². The Morgan fingerprint density at radius 2 is 2.09 bits per heavy atom. The predicted octanol–water partition coefficient (Wildman–Crippen LogP) is 2.38. The minimum Gasteiger partial charge on any atom is -0.507 e. The first-order chi connectivity index (χ1) is 11.2. The predicted molar refractivity (Wildman–Crippen MR) is 87.1 cm³/mol. The summed E-state index contributed by atoms with van der Waals surface area (Å²) in [6.07, 6.45) is 0.0995. The minimum absolute atomic E-state index is 0.0995. The topological polar surface area (TPSA) is 83.1 Å². The maximum absolute atomic E-state index is 9.98. The van der Waals surface area contributed by atoms with Crippen molar-refractivity contribution in [3.8, 4) is 17.0 Å². The van der Waals surface area contributed by atoms with Gasteiger partial charge in [0.1, 0.15) is 5.75 Å². The van der Waals surface area contributed by atoms with Gasteiger partial charge in [-0.05, 0) is 31.2 Å². The fraction of sp³-hybridized carbons (Fsp3) is 0.294. The molecule has 0 spiro atoms. The summed E-state index contributed by atoms with van der Waals surface area (Å²) in [5, 5.41) is 22.9. The SMILES string of the molecule is C[C@@H]1OCCNC1c1cc2cc(-c3ccccc3O)nnc2[nH]1. The van der Waals surface area contributed by atoms with Crippen molar-refractivity contribution in [3.63, 3.8) is 0 Å². The molecule has 1 aliphatic heterocycles. The van der Waals surface area contributed by atoms with Crippen molar-refractivity contribution in [2.75, 3.05) is 13.2 Å². The van der Waals surface area contributed by atoms with Crippen LogP contribution in [0, 0.1) is 0 Å². The van der Waals surface area contributed by atoms with E-state index in [0.29, 0.717) is 11.3 Å². The fourth-order valence-corrected chi connectivity index (χ4v) is 3.03. The van der Waals surface area contributed by atoms with Crippen LogP contribution >= 0.6 is 0 Å². The van der Waals surface area contributed by atoms with E-state index in [9.17, 15) is 5.11 Å². The monoisotopic (exact) mass is 310 g/mol. The van der Waals surface area contributed by atoms with Crippen molar-refractivity contribution >= 4 is 11.0 Å². The zero-order chi connectivity index (χ0) is 15.8. The van der Waals surface area contributed by atoms with Gasteiger partial charge in [-0.3, -0.25) is 0 Å². The number of nitrogens with one attached hydrogen (secondary N) is 2. The van der Waals surface area contributed by atoms with E-state index in [2.05, 4.69) is 33.5 Å². The van der Waals surface area contributed by atoms with Gasteiger partial charge in [0, 0.05) is 23.2 Å². The van der Waals surface area contributed by atoms with Crippen LogP contribution in [0.5, 0.6) is 5.75 Å². The number of fused-ring (bicyclic) bond motifs is 1. The molecule has 6 nitrogen and oxygen atoms in total. The van der Waals surface area contributed by atoms with Gasteiger partial charge in [-0.25, -0.2) is 0 Å². The van der Waals surface area contributed by atoms with Crippen LogP contribution < -0.4 is 5.32 Å². The van der Waals surface area contributed by atoms with Gasteiger partial charge in [0.05, 0.1) is 24.4 Å². The molecule has 1 aliphatic rings. The van der Waals surface area contributed by atoms with Crippen LogP contribution in [0.2, 0.25) is 0 Å². The normalized spacial score (nSPS) is 21.6. The third-order valence-corrected chi connectivity index (χ3v) is 4.23. The number of morpholine rings is 1. The summed E-state index contributed by atoms with van der Waals surface area (Å²) in [4.78, 5) is 3.31. The van der Waals surface area contributed by atoms with E-state index in [0.717, 1.165) is 29.9 Å². The molecule has 4 rings (SSSR count). The maximum atomic E-state index is 9.98. The zero-order valence-corrected chi connectivity index (χ0v) is 12.8. The molecule has 1 fully saturated rings. The molecule has 0 amide bonds. The Kier molecular flexibility index (Phi) is 3.48. The number of aromatic hydroxyl groups is 1. The van der Waals surface area contributed by atoms with E-state index >= 15 is 0 Å². The third kappa shape index (κ3) is 2.56. The number of benzene rings is 1. The number of aromatic amines is 1. The molecule has 0 radical (unpaired) electrons. The van der Waals surface area contributed by atoms with E-state index in [1.165, 1.54) is 0 Å². The van der Waals surface area contributed by atoms with Gasteiger partial charge in [0.2, 0.25) is 0 Å². The second kappa shape index (κ2) is 5.64. The third-order valence-electron chi connectivity index (χ3n) is 4.23. The molecule has 6 heteroatoms. The molecule has 118 valence electrons. The first-order valence-corrected chi connectivity index (χ1v) is 7.72. The Hall–Kier alpha value is -2.44. The highest BCUT2D eigenvalue weighted by atomic mass is 16.5. The quantitative estimate of drug-likeness (QED) is 0.677. The Morgan fingerprint density at radius 1 is 1.22 bits per heavy atom. The summed E-state index contributed by atoms with van der Waals surface area (Å²) in [6, 6.07) is 11.3. The van der Waals surface area contributed by atoms with Crippen molar-refractivity contribution in [2.45, 2.75) is 19.1 Å². The average molecular weight is 310 g/mol. The number of ether oxygens (including phenoxy) is 1. The van der Waals surface area contributed by atoms with Crippen LogP contribution in [-0.4, -0.2) is 39.5 Å². The summed E-state index contributed by atoms with van der Waals surface area (Å²) >= 11 is 0. The standard InChI is InChI=1S/C17H18N4O2/c1-10-16(18-6-7-23-10)14-9-11-8-13(20-21-17(11)19-14)12-4-2-3-5-15(12)22/h2-5,8-10,16,18,22H,6-7H2,1H3,(H,19,21)/t10-,16?/m0/s1. The van der Waals surface area contributed by atoms with Crippen LogP contribution in [0.4, 0.5) is 0 Å². The van der Waals surface area contributed by atoms with Crippen molar-refractivity contribution in [3.05, 3.63) is 42.1 Å². The zero-order valence-electron chi connectivity index (χ0n) is 12.8. The molecule has 3 aromatic rings. The molecule has 3 heterocycles. The van der Waals surface area contributed by atoms with Crippen LogP contribution in [-0.2, 0) is 4.74 Å². The fourth-order valence-electron chi connectivity index (χ4n) is 3.03. The highest BCUT2D eigenvalue weighted by molar-refractivity contribution is 5.81. The highest BCUT2D eigenvalue weighted by Crippen LogP contribution is 2.30. The van der Waals surface area contributed by atoms with Crippen LogP contribution in [0.15, 0.2) is 36.4 Å². The molecule has 1 aromatic carbocycles. The number of hydrogen-bond acceptors (Lipinski definition) is 5. The summed E-state index contributed by atoms with van der Waals surface area (Å²) in [6.45, 7) is 3.62. The molecular formula is C17H18N4O2. The second-order valence-corrected chi connectivity index (χ2v) is 5.78. The summed E-state index contributed by atoms with van der Waals surface area (Å²) in [5.74, 6) is 0.202. The van der Waals surface area contributed by atoms with Crippen molar-refractivity contribution in [1.82, 2.24) is 20.5 Å². The molecule has 1 saturated heterocycles. The molecule has 23 heavy (non-hydrogen) atoms. The lowest BCUT2D eigenvalue weighted by Gasteiger charge is -2.29. The molecule has 0 bridgehead atoms. The summed E-state index contributed by atoms with van der Waals surface area (Å²) < 4.78 is 5.70. The summed E-state index contributed by atoms with van der Waals surface area (Å²) in [7, 11) is 0. The largest absolute Gasteiger partial charge is 0.507 e. The van der Waals surface area contributed by atoms with Gasteiger partial charge < -0.3 is 20.1 Å². The number of phenolic OH excluding ortho intramolecular Hbond substituents is 1. The van der Waals surface area contributed by atoms with Gasteiger partial charge >= 0.3 is 0 Å². The molecule has 0 saturated carbocycles. The van der Waals surface area contributed by atoms with Crippen LogP contribution in [0.1, 0.15) is 18.7 Å². The second-order valence-electron chi connectivity index (χ2n) is 5.78. The van der Waals surface area contributed by atoms with E-state index < -0.39 is 0 Å².